The van der Waals surface area contributed by atoms with Crippen molar-refractivity contribution in [2.75, 3.05) is 0 Å². The van der Waals surface area contributed by atoms with Gasteiger partial charge in [0.1, 0.15) is 0 Å². The van der Waals surface area contributed by atoms with Crippen LogP contribution in [0.4, 0.5) is 0 Å². The van der Waals surface area contributed by atoms with Crippen molar-refractivity contribution in [1.29, 1.82) is 0 Å². The second-order valence-electron chi connectivity index (χ2n) is 5.80. The number of thiophene rings is 1. The second kappa shape index (κ2) is 5.94. The van der Waals surface area contributed by atoms with Gasteiger partial charge in [-0.25, -0.2) is 0 Å². The maximum absolute atomic E-state index is 10.3. The molecule has 1 nitrogen and oxygen atoms in total. The van der Waals surface area contributed by atoms with E-state index in [0.717, 1.165) is 4.88 Å². The summed E-state index contributed by atoms with van der Waals surface area (Å²) in [6.07, 6.45) is 0.280. The van der Waals surface area contributed by atoms with Gasteiger partial charge in [-0.2, -0.15) is 0 Å². The largest absolute Gasteiger partial charge is 0.387 e. The first-order chi connectivity index (χ1) is 8.86. The molecule has 2 rings (SSSR count). The number of aliphatic hydroxyl groups excluding tert-OH is 1. The molecule has 0 saturated heterocycles. The summed E-state index contributed by atoms with van der Waals surface area (Å²) in [7, 11) is 0. The molecular weight excluding hydrogens is 367 g/mol. The summed E-state index contributed by atoms with van der Waals surface area (Å²) in [4.78, 5) is 2.38. The molecule has 0 aliphatic rings. The van der Waals surface area contributed by atoms with Crippen molar-refractivity contribution in [3.05, 3.63) is 55.3 Å². The third-order valence-electron chi connectivity index (χ3n) is 3.04. The van der Waals surface area contributed by atoms with Crippen LogP contribution >= 0.6 is 33.9 Å². The Morgan fingerprint density at radius 2 is 1.74 bits per heavy atom. The number of hydrogen-bond acceptors (Lipinski definition) is 2. The van der Waals surface area contributed by atoms with E-state index in [4.69, 9.17) is 0 Å². The molecule has 1 unspecified atom stereocenters. The SMILES string of the molecule is CC(C)(C)c1ccc(C(O)Cc2ccc(I)cc2)s1. The smallest absolute Gasteiger partial charge is 0.0922 e. The van der Waals surface area contributed by atoms with Gasteiger partial charge in [-0.1, -0.05) is 32.9 Å². The molecule has 0 spiro atoms. The van der Waals surface area contributed by atoms with Gasteiger partial charge in [0.15, 0.2) is 0 Å². The number of benzene rings is 1. The van der Waals surface area contributed by atoms with Crippen LogP contribution in [0.3, 0.4) is 0 Å². The van der Waals surface area contributed by atoms with Crippen molar-refractivity contribution >= 4 is 33.9 Å². The van der Waals surface area contributed by atoms with Crippen LogP contribution in [0, 0.1) is 3.57 Å². The molecule has 0 amide bonds. The first-order valence-corrected chi connectivity index (χ1v) is 8.28. The molecular formula is C16H19IOS. The minimum absolute atomic E-state index is 0.158. The van der Waals surface area contributed by atoms with E-state index in [-0.39, 0.29) is 5.41 Å². The molecule has 1 aromatic carbocycles. The lowest BCUT2D eigenvalue weighted by molar-refractivity contribution is 0.182. The van der Waals surface area contributed by atoms with Gasteiger partial charge in [-0.05, 0) is 57.8 Å². The molecule has 0 saturated carbocycles. The van der Waals surface area contributed by atoms with Crippen LogP contribution in [-0.2, 0) is 11.8 Å². The Bertz CT molecular complexity index is 537. The van der Waals surface area contributed by atoms with E-state index in [1.54, 1.807) is 11.3 Å². The monoisotopic (exact) mass is 386 g/mol. The van der Waals surface area contributed by atoms with Crippen molar-refractivity contribution in [1.82, 2.24) is 0 Å². The highest BCUT2D eigenvalue weighted by molar-refractivity contribution is 14.1. The number of hydrogen-bond donors (Lipinski definition) is 1. The van der Waals surface area contributed by atoms with Gasteiger partial charge in [0.05, 0.1) is 6.10 Å². The fourth-order valence-corrected chi connectivity index (χ4v) is 3.29. The van der Waals surface area contributed by atoms with Crippen molar-refractivity contribution in [3.8, 4) is 0 Å². The summed E-state index contributed by atoms with van der Waals surface area (Å²) in [5, 5.41) is 10.3. The van der Waals surface area contributed by atoms with E-state index in [0.29, 0.717) is 6.42 Å². The average molecular weight is 386 g/mol. The Kier molecular flexibility index (Phi) is 4.69. The minimum Gasteiger partial charge on any atom is -0.387 e. The lowest BCUT2D eigenvalue weighted by atomic mass is 9.95. The summed E-state index contributed by atoms with van der Waals surface area (Å²) in [5.41, 5.74) is 1.34. The van der Waals surface area contributed by atoms with Crippen LogP contribution < -0.4 is 0 Å². The molecule has 1 atom stereocenters. The lowest BCUT2D eigenvalue weighted by Gasteiger charge is -2.15. The molecule has 2 aromatic rings. The topological polar surface area (TPSA) is 20.2 Å². The standard InChI is InChI=1S/C16H19IOS/c1-16(2,3)15-9-8-14(19-15)13(18)10-11-4-6-12(17)7-5-11/h4-9,13,18H,10H2,1-3H3. The molecule has 19 heavy (non-hydrogen) atoms. The van der Waals surface area contributed by atoms with Crippen molar-refractivity contribution in [3.63, 3.8) is 0 Å². The predicted octanol–water partition coefficient (Wildman–Crippen LogP) is 4.93. The first-order valence-electron chi connectivity index (χ1n) is 6.39. The summed E-state index contributed by atoms with van der Waals surface area (Å²) < 4.78 is 1.22. The summed E-state index contributed by atoms with van der Waals surface area (Å²) >= 11 is 4.01. The van der Waals surface area contributed by atoms with Crippen LogP contribution in [0.2, 0.25) is 0 Å². The van der Waals surface area contributed by atoms with Crippen LogP contribution in [0.1, 0.15) is 42.2 Å². The van der Waals surface area contributed by atoms with Gasteiger partial charge < -0.3 is 5.11 Å². The van der Waals surface area contributed by atoms with Gasteiger partial charge in [0, 0.05) is 19.7 Å². The molecule has 1 heterocycles. The fraction of sp³-hybridized carbons (Fsp3) is 0.375. The quantitative estimate of drug-likeness (QED) is 0.742. The van der Waals surface area contributed by atoms with Crippen molar-refractivity contribution < 1.29 is 5.11 Å². The Balaban J connectivity index is 2.09. The van der Waals surface area contributed by atoms with Gasteiger partial charge >= 0.3 is 0 Å². The summed E-state index contributed by atoms with van der Waals surface area (Å²) in [6.45, 7) is 6.61. The normalized spacial score (nSPS) is 13.5. The van der Waals surface area contributed by atoms with Crippen molar-refractivity contribution in [2.45, 2.75) is 38.7 Å². The Hall–Kier alpha value is -0.390. The molecule has 102 valence electrons. The Labute approximate surface area is 132 Å². The molecule has 0 aliphatic heterocycles. The zero-order chi connectivity index (χ0) is 14.0. The Morgan fingerprint density at radius 1 is 1.11 bits per heavy atom. The highest BCUT2D eigenvalue weighted by Gasteiger charge is 2.18. The predicted molar refractivity (Wildman–Crippen MR) is 90.8 cm³/mol. The van der Waals surface area contributed by atoms with Gasteiger partial charge in [-0.15, -0.1) is 11.3 Å². The van der Waals surface area contributed by atoms with Gasteiger partial charge in [0.2, 0.25) is 0 Å². The molecule has 0 aliphatic carbocycles. The second-order valence-corrected chi connectivity index (χ2v) is 8.16. The van der Waals surface area contributed by atoms with E-state index in [1.807, 2.05) is 0 Å². The molecule has 0 bridgehead atoms. The maximum Gasteiger partial charge on any atom is 0.0922 e. The van der Waals surface area contributed by atoms with Gasteiger partial charge in [0.25, 0.3) is 0 Å². The van der Waals surface area contributed by atoms with E-state index >= 15 is 0 Å². The van der Waals surface area contributed by atoms with E-state index in [2.05, 4.69) is 79.8 Å². The number of aliphatic hydroxyl groups is 1. The molecule has 3 heteroatoms. The van der Waals surface area contributed by atoms with Gasteiger partial charge in [-0.3, -0.25) is 0 Å². The fourth-order valence-electron chi connectivity index (χ4n) is 1.88. The zero-order valence-corrected chi connectivity index (χ0v) is 14.5. The third-order valence-corrected chi connectivity index (χ3v) is 5.37. The van der Waals surface area contributed by atoms with E-state index in [9.17, 15) is 5.11 Å². The van der Waals surface area contributed by atoms with Crippen LogP contribution in [0.25, 0.3) is 0 Å². The Morgan fingerprint density at radius 3 is 2.26 bits per heavy atom. The molecule has 0 fully saturated rings. The van der Waals surface area contributed by atoms with E-state index < -0.39 is 6.10 Å². The zero-order valence-electron chi connectivity index (χ0n) is 11.5. The average Bonchev–Trinajstić information content (AvgIpc) is 2.81. The highest BCUT2D eigenvalue weighted by Crippen LogP contribution is 2.33. The first kappa shape index (κ1) is 15.0. The van der Waals surface area contributed by atoms with Crippen molar-refractivity contribution in [2.24, 2.45) is 0 Å². The lowest BCUT2D eigenvalue weighted by Crippen LogP contribution is -2.07. The third kappa shape index (κ3) is 4.04. The van der Waals surface area contributed by atoms with E-state index in [1.165, 1.54) is 14.0 Å². The molecule has 0 radical (unpaired) electrons. The van der Waals surface area contributed by atoms with Crippen LogP contribution in [-0.4, -0.2) is 5.11 Å². The summed E-state index contributed by atoms with van der Waals surface area (Å²) in [5.74, 6) is 0. The highest BCUT2D eigenvalue weighted by atomic mass is 127. The number of rotatable bonds is 3. The molecule has 1 aromatic heterocycles. The van der Waals surface area contributed by atoms with Crippen LogP contribution in [0.5, 0.6) is 0 Å². The maximum atomic E-state index is 10.3. The minimum atomic E-state index is -0.402. The number of halogens is 1. The molecule has 1 N–H and O–H groups in total. The summed E-state index contributed by atoms with van der Waals surface area (Å²) in [6, 6.07) is 12.5. The van der Waals surface area contributed by atoms with Crippen LogP contribution in [0.15, 0.2) is 36.4 Å².